The largest absolute Gasteiger partial charge is 0.390 e. The summed E-state index contributed by atoms with van der Waals surface area (Å²) in [6.45, 7) is 0.295. The molecule has 0 aromatic heterocycles. The number of carbonyl (C=O) groups excluding carboxylic acids is 2. The van der Waals surface area contributed by atoms with Crippen molar-refractivity contribution in [1.29, 1.82) is 0 Å². The van der Waals surface area contributed by atoms with Crippen molar-refractivity contribution in [1.82, 2.24) is 9.80 Å². The molecule has 2 heterocycles. The van der Waals surface area contributed by atoms with Gasteiger partial charge < -0.3 is 9.80 Å². The summed E-state index contributed by atoms with van der Waals surface area (Å²) < 4.78 is 36.5. The number of nitrogens with zero attached hydrogens (tertiary/aromatic N) is 2. The van der Waals surface area contributed by atoms with Gasteiger partial charge in [0.05, 0.1) is 6.42 Å². The molecule has 1 unspecified atom stereocenters. The van der Waals surface area contributed by atoms with Crippen LogP contribution in [0.3, 0.4) is 0 Å². The predicted molar refractivity (Wildman–Crippen MR) is 56.6 cm³/mol. The highest BCUT2D eigenvalue weighted by molar-refractivity contribution is 5.90. The third kappa shape index (κ3) is 2.76. The van der Waals surface area contributed by atoms with Gasteiger partial charge in [0, 0.05) is 26.1 Å². The smallest absolute Gasteiger partial charge is 0.340 e. The summed E-state index contributed by atoms with van der Waals surface area (Å²) in [5, 5.41) is 0. The Bertz CT molecular complexity index is 357. The fourth-order valence-electron chi connectivity index (χ4n) is 2.50. The second-order valence-corrected chi connectivity index (χ2v) is 4.69. The summed E-state index contributed by atoms with van der Waals surface area (Å²) in [6.07, 6.45) is -3.85. The van der Waals surface area contributed by atoms with E-state index in [1.807, 2.05) is 0 Å². The van der Waals surface area contributed by atoms with E-state index in [1.165, 1.54) is 9.80 Å². The molecule has 7 heteroatoms. The zero-order chi connectivity index (χ0) is 13.3. The van der Waals surface area contributed by atoms with E-state index < -0.39 is 18.6 Å². The zero-order valence-corrected chi connectivity index (χ0v) is 9.87. The summed E-state index contributed by atoms with van der Waals surface area (Å²) in [4.78, 5) is 26.5. The van der Waals surface area contributed by atoms with Gasteiger partial charge in [0.1, 0.15) is 6.04 Å². The van der Waals surface area contributed by atoms with E-state index in [-0.39, 0.29) is 31.3 Å². The van der Waals surface area contributed by atoms with Gasteiger partial charge in [-0.2, -0.15) is 13.2 Å². The van der Waals surface area contributed by atoms with E-state index in [0.717, 1.165) is 6.42 Å². The van der Waals surface area contributed by atoms with Gasteiger partial charge in [0.25, 0.3) is 0 Å². The van der Waals surface area contributed by atoms with E-state index in [4.69, 9.17) is 0 Å². The molecule has 2 fully saturated rings. The lowest BCUT2D eigenvalue weighted by molar-refractivity contribution is -0.147. The molecular formula is C11H15F3N2O2. The first kappa shape index (κ1) is 13.2. The van der Waals surface area contributed by atoms with Crippen molar-refractivity contribution in [2.75, 3.05) is 19.6 Å². The molecule has 2 aliphatic rings. The van der Waals surface area contributed by atoms with Crippen LogP contribution < -0.4 is 0 Å². The van der Waals surface area contributed by atoms with Crippen LogP contribution >= 0.6 is 0 Å². The summed E-state index contributed by atoms with van der Waals surface area (Å²) >= 11 is 0. The van der Waals surface area contributed by atoms with E-state index in [0.29, 0.717) is 13.0 Å². The Morgan fingerprint density at radius 1 is 1.22 bits per heavy atom. The van der Waals surface area contributed by atoms with Crippen molar-refractivity contribution in [3.8, 4) is 0 Å². The fraction of sp³-hybridized carbons (Fsp3) is 0.818. The topological polar surface area (TPSA) is 40.6 Å². The Balaban J connectivity index is 2.03. The minimum absolute atomic E-state index is 0.0980. The number of carbonyl (C=O) groups is 2. The summed E-state index contributed by atoms with van der Waals surface area (Å²) in [6, 6.07) is -0.534. The number of hydrogen-bond acceptors (Lipinski definition) is 2. The van der Waals surface area contributed by atoms with E-state index >= 15 is 0 Å². The molecule has 0 aromatic rings. The second kappa shape index (κ2) is 4.78. The molecule has 0 bridgehead atoms. The average Bonchev–Trinajstić information content (AvgIpc) is 2.71. The maximum absolute atomic E-state index is 12.2. The molecule has 0 radical (unpaired) electrons. The molecule has 0 saturated carbocycles. The fourth-order valence-corrected chi connectivity index (χ4v) is 2.50. The van der Waals surface area contributed by atoms with Gasteiger partial charge in [0.15, 0.2) is 0 Å². The van der Waals surface area contributed by atoms with Gasteiger partial charge in [-0.15, -0.1) is 0 Å². The third-order valence-electron chi connectivity index (χ3n) is 3.43. The summed E-state index contributed by atoms with van der Waals surface area (Å²) in [5.41, 5.74) is 0. The first-order chi connectivity index (χ1) is 8.38. The highest BCUT2D eigenvalue weighted by atomic mass is 19.4. The minimum Gasteiger partial charge on any atom is -0.340 e. The van der Waals surface area contributed by atoms with Crippen LogP contribution in [0.25, 0.3) is 0 Å². The molecule has 0 spiro atoms. The Labute approximate surface area is 103 Å². The monoisotopic (exact) mass is 264 g/mol. The number of amides is 2. The van der Waals surface area contributed by atoms with Crippen molar-refractivity contribution in [2.45, 2.75) is 37.9 Å². The molecular weight excluding hydrogens is 249 g/mol. The Morgan fingerprint density at radius 2 is 1.94 bits per heavy atom. The summed E-state index contributed by atoms with van der Waals surface area (Å²) in [7, 11) is 0. The van der Waals surface area contributed by atoms with Crippen LogP contribution in [0.5, 0.6) is 0 Å². The molecule has 4 nitrogen and oxygen atoms in total. The van der Waals surface area contributed by atoms with Crippen LogP contribution in [0, 0.1) is 0 Å². The average molecular weight is 264 g/mol. The normalized spacial score (nSPS) is 25.4. The Kier molecular flexibility index (Phi) is 3.49. The van der Waals surface area contributed by atoms with Gasteiger partial charge in [0.2, 0.25) is 11.8 Å². The van der Waals surface area contributed by atoms with Crippen LogP contribution in [0.1, 0.15) is 25.7 Å². The molecule has 2 saturated heterocycles. The predicted octanol–water partition coefficient (Wildman–Crippen LogP) is 1.16. The first-order valence-electron chi connectivity index (χ1n) is 6.03. The molecule has 102 valence electrons. The van der Waals surface area contributed by atoms with Crippen LogP contribution in [0.15, 0.2) is 0 Å². The Hall–Kier alpha value is -1.27. The van der Waals surface area contributed by atoms with Crippen LogP contribution in [0.4, 0.5) is 13.2 Å². The number of fused-ring (bicyclic) bond motifs is 1. The van der Waals surface area contributed by atoms with Crippen LogP contribution in [-0.2, 0) is 9.59 Å². The quantitative estimate of drug-likeness (QED) is 0.751. The molecule has 0 aliphatic carbocycles. The first-order valence-corrected chi connectivity index (χ1v) is 6.03. The van der Waals surface area contributed by atoms with Crippen molar-refractivity contribution in [2.24, 2.45) is 0 Å². The Morgan fingerprint density at radius 3 is 2.61 bits per heavy atom. The number of halogens is 3. The van der Waals surface area contributed by atoms with Crippen LogP contribution in [0.2, 0.25) is 0 Å². The van der Waals surface area contributed by atoms with E-state index in [1.54, 1.807) is 0 Å². The number of rotatable bonds is 2. The highest BCUT2D eigenvalue weighted by Gasteiger charge is 2.40. The van der Waals surface area contributed by atoms with Crippen molar-refractivity contribution < 1.29 is 22.8 Å². The van der Waals surface area contributed by atoms with Crippen molar-refractivity contribution >= 4 is 11.8 Å². The second-order valence-electron chi connectivity index (χ2n) is 4.69. The number of hydrogen-bond donors (Lipinski definition) is 0. The standard InChI is InChI=1S/C11H15F3N2O2/c12-11(13,14)4-7-15-6-3-9(17)16-5-1-2-8(16)10(15)18/h8H,1-7H2. The lowest BCUT2D eigenvalue weighted by Gasteiger charge is -2.25. The van der Waals surface area contributed by atoms with Gasteiger partial charge in [-0.05, 0) is 12.8 Å². The van der Waals surface area contributed by atoms with Gasteiger partial charge in [-0.25, -0.2) is 0 Å². The molecule has 2 aliphatic heterocycles. The van der Waals surface area contributed by atoms with E-state index in [2.05, 4.69) is 0 Å². The molecule has 0 N–H and O–H groups in total. The lowest BCUT2D eigenvalue weighted by Crippen LogP contribution is -2.44. The lowest BCUT2D eigenvalue weighted by atomic mass is 10.2. The third-order valence-corrected chi connectivity index (χ3v) is 3.43. The van der Waals surface area contributed by atoms with Crippen molar-refractivity contribution in [3.63, 3.8) is 0 Å². The van der Waals surface area contributed by atoms with Gasteiger partial charge >= 0.3 is 6.18 Å². The van der Waals surface area contributed by atoms with Crippen molar-refractivity contribution in [3.05, 3.63) is 0 Å². The van der Waals surface area contributed by atoms with Crippen LogP contribution in [-0.4, -0.2) is 53.5 Å². The SMILES string of the molecule is O=C1C2CCCN2C(=O)CCN1CCC(F)(F)F. The van der Waals surface area contributed by atoms with E-state index in [9.17, 15) is 22.8 Å². The van der Waals surface area contributed by atoms with Gasteiger partial charge in [-0.1, -0.05) is 0 Å². The zero-order valence-electron chi connectivity index (χ0n) is 9.87. The maximum atomic E-state index is 12.2. The minimum atomic E-state index is -4.27. The van der Waals surface area contributed by atoms with Gasteiger partial charge in [-0.3, -0.25) is 9.59 Å². The molecule has 2 amide bonds. The maximum Gasteiger partial charge on any atom is 0.390 e. The molecule has 1 atom stereocenters. The molecule has 2 rings (SSSR count). The molecule has 0 aromatic carbocycles. The molecule has 18 heavy (non-hydrogen) atoms. The number of alkyl halides is 3. The highest BCUT2D eigenvalue weighted by Crippen LogP contribution is 2.25. The summed E-state index contributed by atoms with van der Waals surface area (Å²) in [5.74, 6) is -0.456.